The summed E-state index contributed by atoms with van der Waals surface area (Å²) in [7, 11) is 0. The van der Waals surface area contributed by atoms with Gasteiger partial charge in [0.05, 0.1) is 11.3 Å². The number of anilines is 1. The summed E-state index contributed by atoms with van der Waals surface area (Å²) in [5, 5.41) is 13.1. The summed E-state index contributed by atoms with van der Waals surface area (Å²) in [5.41, 5.74) is 1.02. The molecule has 0 atom stereocenters. The maximum absolute atomic E-state index is 12.4. The summed E-state index contributed by atoms with van der Waals surface area (Å²) in [6.45, 7) is -3.12. The lowest BCUT2D eigenvalue weighted by atomic mass is 10.1. The average molecular weight is 403 g/mol. The monoisotopic (exact) mass is 403 g/mol. The van der Waals surface area contributed by atoms with E-state index >= 15 is 0 Å². The normalized spacial score (nSPS) is 10.6. The number of para-hydroxylation sites is 1. The Morgan fingerprint density at radius 3 is 2.55 bits per heavy atom. The van der Waals surface area contributed by atoms with E-state index in [1.807, 2.05) is 0 Å². The molecule has 0 saturated heterocycles. The number of tetrazole rings is 1. The van der Waals surface area contributed by atoms with Crippen molar-refractivity contribution in [2.45, 2.75) is 19.8 Å². The van der Waals surface area contributed by atoms with Gasteiger partial charge in [0.25, 0.3) is 0 Å². The fourth-order valence-electron chi connectivity index (χ4n) is 2.35. The molecule has 1 amide bonds. The topological polar surface area (TPSA) is 108 Å². The van der Waals surface area contributed by atoms with Gasteiger partial charge in [0.1, 0.15) is 25.2 Å². The number of nitrogens with zero attached hydrogens (tertiary/aromatic N) is 4. The van der Waals surface area contributed by atoms with Crippen LogP contribution in [0.5, 0.6) is 5.75 Å². The first kappa shape index (κ1) is 19.9. The number of nitrogens with one attached hydrogen (secondary N) is 1. The van der Waals surface area contributed by atoms with Gasteiger partial charge in [0.2, 0.25) is 5.91 Å². The molecule has 0 radical (unpaired) electrons. The van der Waals surface area contributed by atoms with Crippen molar-refractivity contribution in [2.24, 2.45) is 0 Å². The molecule has 29 heavy (non-hydrogen) atoms. The number of rotatable bonds is 8. The van der Waals surface area contributed by atoms with E-state index in [0.717, 1.165) is 0 Å². The molecule has 1 N–H and O–H groups in total. The fraction of sp³-hybridized carbons (Fsp3) is 0.167. The van der Waals surface area contributed by atoms with E-state index in [9.17, 15) is 18.4 Å². The second-order valence-corrected chi connectivity index (χ2v) is 5.70. The number of alkyl halides is 2. The number of hydrogen-bond donors (Lipinski definition) is 1. The van der Waals surface area contributed by atoms with E-state index in [4.69, 9.17) is 4.74 Å². The number of halogens is 2. The van der Waals surface area contributed by atoms with Crippen LogP contribution in [0.2, 0.25) is 0 Å². The Balaban J connectivity index is 1.60. The molecule has 0 aliphatic rings. The smallest absolute Gasteiger partial charge is 0.387 e. The van der Waals surface area contributed by atoms with E-state index in [1.165, 1.54) is 41.3 Å². The lowest BCUT2D eigenvalue weighted by Crippen LogP contribution is -2.21. The number of ether oxygens (including phenoxy) is 2. The highest BCUT2D eigenvalue weighted by Gasteiger charge is 2.15. The third-order valence-corrected chi connectivity index (χ3v) is 3.64. The first-order valence-electron chi connectivity index (χ1n) is 8.32. The first-order chi connectivity index (χ1) is 14.0. The van der Waals surface area contributed by atoms with Gasteiger partial charge >= 0.3 is 12.6 Å². The first-order valence-corrected chi connectivity index (χ1v) is 8.32. The van der Waals surface area contributed by atoms with Crippen LogP contribution in [0, 0.1) is 0 Å². The number of carbonyl (C=O) groups is 2. The molecule has 1 aromatic heterocycles. The molecule has 0 spiro atoms. The zero-order chi connectivity index (χ0) is 20.6. The Labute approximate surface area is 163 Å². The van der Waals surface area contributed by atoms with E-state index in [2.05, 4.69) is 25.6 Å². The van der Waals surface area contributed by atoms with Crippen LogP contribution in [0.25, 0.3) is 0 Å². The van der Waals surface area contributed by atoms with E-state index in [-0.39, 0.29) is 30.2 Å². The molecule has 0 aliphatic heterocycles. The molecule has 150 valence electrons. The lowest BCUT2D eigenvalue weighted by molar-refractivity contribution is -0.116. The number of hydrogen-bond acceptors (Lipinski definition) is 7. The van der Waals surface area contributed by atoms with Crippen LogP contribution in [-0.4, -0.2) is 38.7 Å². The molecular weight excluding hydrogens is 388 g/mol. The molecule has 1 heterocycles. The quantitative estimate of drug-likeness (QED) is 0.575. The van der Waals surface area contributed by atoms with Crippen molar-refractivity contribution >= 4 is 17.6 Å². The maximum atomic E-state index is 12.4. The van der Waals surface area contributed by atoms with Crippen LogP contribution in [-0.2, 0) is 22.7 Å². The van der Waals surface area contributed by atoms with Crippen LogP contribution < -0.4 is 10.1 Å². The molecule has 3 aromatic rings. The summed E-state index contributed by atoms with van der Waals surface area (Å²) in [6.07, 6.45) is 1.29. The molecule has 9 nitrogen and oxygen atoms in total. The fourth-order valence-corrected chi connectivity index (χ4v) is 2.35. The predicted molar refractivity (Wildman–Crippen MR) is 95.1 cm³/mol. The maximum Gasteiger partial charge on any atom is 0.387 e. The zero-order valence-corrected chi connectivity index (χ0v) is 14.9. The minimum Gasteiger partial charge on any atom is -0.457 e. The Bertz CT molecular complexity index is 965. The van der Waals surface area contributed by atoms with Crippen LogP contribution >= 0.6 is 0 Å². The van der Waals surface area contributed by atoms with Crippen LogP contribution in [0.3, 0.4) is 0 Å². The number of esters is 1. The summed E-state index contributed by atoms with van der Waals surface area (Å²) in [5.74, 6) is -1.07. The molecule has 0 saturated carbocycles. The van der Waals surface area contributed by atoms with Crippen molar-refractivity contribution in [1.82, 2.24) is 20.2 Å². The van der Waals surface area contributed by atoms with E-state index in [0.29, 0.717) is 5.56 Å². The van der Waals surface area contributed by atoms with Gasteiger partial charge in [-0.15, -0.1) is 5.10 Å². The van der Waals surface area contributed by atoms with Gasteiger partial charge in [-0.1, -0.05) is 24.3 Å². The van der Waals surface area contributed by atoms with Gasteiger partial charge in [-0.2, -0.15) is 8.78 Å². The van der Waals surface area contributed by atoms with Gasteiger partial charge in [-0.05, 0) is 40.3 Å². The molecular formula is C18H15F2N5O4. The number of aromatic nitrogens is 4. The average Bonchev–Trinajstić information content (AvgIpc) is 3.20. The van der Waals surface area contributed by atoms with Crippen molar-refractivity contribution in [3.05, 3.63) is 66.0 Å². The summed E-state index contributed by atoms with van der Waals surface area (Å²) in [4.78, 5) is 24.5. The minimum atomic E-state index is -2.91. The highest BCUT2D eigenvalue weighted by molar-refractivity contribution is 6.01. The summed E-state index contributed by atoms with van der Waals surface area (Å²) in [6, 6.07) is 12.1. The minimum absolute atomic E-state index is 0.00529. The highest BCUT2D eigenvalue weighted by atomic mass is 19.3. The Morgan fingerprint density at radius 1 is 1.10 bits per heavy atom. The molecule has 11 heteroatoms. The second kappa shape index (κ2) is 9.35. The van der Waals surface area contributed by atoms with Crippen molar-refractivity contribution < 1.29 is 27.8 Å². The predicted octanol–water partition coefficient (Wildman–Crippen LogP) is 2.27. The molecule has 2 aromatic carbocycles. The third-order valence-electron chi connectivity index (χ3n) is 3.64. The standard InChI is InChI=1S/C18H15F2N5O4/c19-18(20)29-13-7-5-12(6-8-13)10-28-17(27)14-3-1-2-4-15(14)22-16(26)9-25-11-21-23-24-25/h1-8,11,18H,9-10H2,(H,22,26). The third kappa shape index (κ3) is 5.79. The van der Waals surface area contributed by atoms with Gasteiger partial charge in [-0.3, -0.25) is 4.79 Å². The molecule has 0 fully saturated rings. The largest absolute Gasteiger partial charge is 0.457 e. The van der Waals surface area contributed by atoms with Crippen LogP contribution in [0.1, 0.15) is 15.9 Å². The Morgan fingerprint density at radius 2 is 1.86 bits per heavy atom. The zero-order valence-electron chi connectivity index (χ0n) is 14.9. The summed E-state index contributed by atoms with van der Waals surface area (Å²) < 4.78 is 35.1. The molecule has 0 unspecified atom stereocenters. The number of amides is 1. The van der Waals surface area contributed by atoms with Crippen molar-refractivity contribution in [2.75, 3.05) is 5.32 Å². The number of benzene rings is 2. The van der Waals surface area contributed by atoms with Crippen molar-refractivity contribution in [1.29, 1.82) is 0 Å². The second-order valence-electron chi connectivity index (χ2n) is 5.70. The molecule has 0 bridgehead atoms. The SMILES string of the molecule is O=C(Cn1cnnn1)Nc1ccccc1C(=O)OCc1ccc(OC(F)F)cc1. The van der Waals surface area contributed by atoms with Crippen LogP contribution in [0.15, 0.2) is 54.9 Å². The summed E-state index contributed by atoms with van der Waals surface area (Å²) >= 11 is 0. The van der Waals surface area contributed by atoms with Gasteiger partial charge in [0.15, 0.2) is 0 Å². The number of carbonyl (C=O) groups excluding carboxylic acids is 2. The Hall–Kier alpha value is -3.89. The van der Waals surface area contributed by atoms with Crippen LogP contribution in [0.4, 0.5) is 14.5 Å². The van der Waals surface area contributed by atoms with Gasteiger partial charge < -0.3 is 14.8 Å². The van der Waals surface area contributed by atoms with Crippen molar-refractivity contribution in [3.8, 4) is 5.75 Å². The van der Waals surface area contributed by atoms with Gasteiger partial charge in [-0.25, -0.2) is 9.48 Å². The van der Waals surface area contributed by atoms with Gasteiger partial charge in [0, 0.05) is 0 Å². The van der Waals surface area contributed by atoms with Crippen molar-refractivity contribution in [3.63, 3.8) is 0 Å². The molecule has 0 aliphatic carbocycles. The van der Waals surface area contributed by atoms with E-state index < -0.39 is 18.5 Å². The van der Waals surface area contributed by atoms with E-state index in [1.54, 1.807) is 18.2 Å². The highest BCUT2D eigenvalue weighted by Crippen LogP contribution is 2.19. The Kier molecular flexibility index (Phi) is 6.40. The lowest BCUT2D eigenvalue weighted by Gasteiger charge is -2.11. The molecule has 3 rings (SSSR count).